The van der Waals surface area contributed by atoms with Crippen LogP contribution in [-0.4, -0.2) is 5.97 Å². The molecule has 0 saturated carbocycles. The highest BCUT2D eigenvalue weighted by Gasteiger charge is 2.20. The van der Waals surface area contributed by atoms with E-state index in [-0.39, 0.29) is 12.1 Å². The normalized spacial score (nSPS) is 12.0. The Hall–Kier alpha value is -2.61. The monoisotopic (exact) mass is 290 g/mol. The molecule has 0 bridgehead atoms. The van der Waals surface area contributed by atoms with Crippen LogP contribution in [0.5, 0.6) is 0 Å². The van der Waals surface area contributed by atoms with Crippen molar-refractivity contribution in [1.29, 1.82) is 0 Å². The fraction of sp³-hybridized carbons (Fsp3) is 0.150. The zero-order valence-corrected chi connectivity index (χ0v) is 12.5. The Bertz CT molecular complexity index is 773. The summed E-state index contributed by atoms with van der Waals surface area (Å²) in [5.74, 6) is -0.193. The molecule has 0 N–H and O–H groups in total. The Morgan fingerprint density at radius 2 is 1.59 bits per heavy atom. The smallest absolute Gasteiger partial charge is 0.306 e. The Morgan fingerprint density at radius 3 is 2.36 bits per heavy atom. The summed E-state index contributed by atoms with van der Waals surface area (Å²) in [6.45, 7) is 1.81. The first kappa shape index (κ1) is 14.3. The quantitative estimate of drug-likeness (QED) is 0.640. The van der Waals surface area contributed by atoms with Gasteiger partial charge in [0.1, 0.15) is 0 Å². The molecule has 0 amide bonds. The lowest BCUT2D eigenvalue weighted by Crippen LogP contribution is -2.12. The third-order valence-corrected chi connectivity index (χ3v) is 3.75. The number of fused-ring (bicyclic) bond motifs is 1. The van der Waals surface area contributed by atoms with Gasteiger partial charge in [-0.25, -0.2) is 0 Å². The Kier molecular flexibility index (Phi) is 4.19. The summed E-state index contributed by atoms with van der Waals surface area (Å²) in [5, 5.41) is 2.26. The Labute approximate surface area is 130 Å². The number of rotatable bonds is 4. The maximum absolute atomic E-state index is 11.9. The number of benzene rings is 3. The van der Waals surface area contributed by atoms with Gasteiger partial charge in [0.25, 0.3) is 0 Å². The van der Waals surface area contributed by atoms with Gasteiger partial charge in [-0.15, -0.1) is 0 Å². The van der Waals surface area contributed by atoms with Crippen molar-refractivity contribution in [3.63, 3.8) is 0 Å². The second-order valence-electron chi connectivity index (χ2n) is 5.20. The molecule has 0 aliphatic heterocycles. The van der Waals surface area contributed by atoms with E-state index in [9.17, 15) is 4.79 Å². The second kappa shape index (κ2) is 6.44. The van der Waals surface area contributed by atoms with E-state index in [0.29, 0.717) is 6.42 Å². The van der Waals surface area contributed by atoms with Gasteiger partial charge in [-0.05, 0) is 16.3 Å². The fourth-order valence-electron chi connectivity index (χ4n) is 2.63. The molecule has 0 aromatic heterocycles. The topological polar surface area (TPSA) is 26.3 Å². The van der Waals surface area contributed by atoms with E-state index in [2.05, 4.69) is 18.2 Å². The SMILES string of the molecule is CCC(=O)OC(c1ccccc1)c1cccc2ccccc12. The van der Waals surface area contributed by atoms with E-state index in [1.54, 1.807) is 0 Å². The van der Waals surface area contributed by atoms with Crippen molar-refractivity contribution in [1.82, 2.24) is 0 Å². The van der Waals surface area contributed by atoms with E-state index in [0.717, 1.165) is 21.9 Å². The number of hydrogen-bond donors (Lipinski definition) is 0. The van der Waals surface area contributed by atoms with Crippen LogP contribution in [0.3, 0.4) is 0 Å². The molecule has 3 rings (SSSR count). The number of hydrogen-bond acceptors (Lipinski definition) is 2. The molecule has 0 fully saturated rings. The average Bonchev–Trinajstić information content (AvgIpc) is 2.60. The molecular weight excluding hydrogens is 272 g/mol. The highest BCUT2D eigenvalue weighted by atomic mass is 16.5. The van der Waals surface area contributed by atoms with E-state index >= 15 is 0 Å². The molecule has 3 aromatic rings. The molecule has 0 heterocycles. The molecule has 0 saturated heterocycles. The highest BCUT2D eigenvalue weighted by Crippen LogP contribution is 2.32. The van der Waals surface area contributed by atoms with Crippen LogP contribution in [-0.2, 0) is 9.53 Å². The van der Waals surface area contributed by atoms with Gasteiger partial charge in [0.2, 0.25) is 0 Å². The van der Waals surface area contributed by atoms with Gasteiger partial charge in [0, 0.05) is 12.0 Å². The number of esters is 1. The maximum Gasteiger partial charge on any atom is 0.306 e. The molecule has 1 unspecified atom stereocenters. The lowest BCUT2D eigenvalue weighted by Gasteiger charge is -2.20. The second-order valence-corrected chi connectivity index (χ2v) is 5.20. The van der Waals surface area contributed by atoms with Gasteiger partial charge in [-0.1, -0.05) is 79.7 Å². The first-order chi connectivity index (χ1) is 10.8. The first-order valence-corrected chi connectivity index (χ1v) is 7.51. The number of ether oxygens (including phenoxy) is 1. The minimum absolute atomic E-state index is 0.193. The molecule has 3 aromatic carbocycles. The highest BCUT2D eigenvalue weighted by molar-refractivity contribution is 5.86. The molecule has 0 aliphatic rings. The number of carbonyl (C=O) groups excluding carboxylic acids is 1. The van der Waals surface area contributed by atoms with Crippen LogP contribution in [0.4, 0.5) is 0 Å². The van der Waals surface area contributed by atoms with Crippen molar-refractivity contribution in [2.75, 3.05) is 0 Å². The van der Waals surface area contributed by atoms with Crippen LogP contribution in [0.1, 0.15) is 30.6 Å². The Balaban J connectivity index is 2.13. The van der Waals surface area contributed by atoms with Gasteiger partial charge in [0.05, 0.1) is 0 Å². The van der Waals surface area contributed by atoms with Crippen LogP contribution in [0.15, 0.2) is 72.8 Å². The van der Waals surface area contributed by atoms with Crippen molar-refractivity contribution in [3.8, 4) is 0 Å². The molecule has 0 spiro atoms. The summed E-state index contributed by atoms with van der Waals surface area (Å²) in [6.07, 6.45) is -0.00608. The molecule has 0 aliphatic carbocycles. The average molecular weight is 290 g/mol. The van der Waals surface area contributed by atoms with Crippen molar-refractivity contribution in [2.45, 2.75) is 19.4 Å². The van der Waals surface area contributed by atoms with Crippen molar-refractivity contribution < 1.29 is 9.53 Å². The molecule has 110 valence electrons. The summed E-state index contributed by atoms with van der Waals surface area (Å²) >= 11 is 0. The molecule has 22 heavy (non-hydrogen) atoms. The molecule has 1 atom stereocenters. The molecule has 0 radical (unpaired) electrons. The van der Waals surface area contributed by atoms with Gasteiger partial charge in [-0.2, -0.15) is 0 Å². The summed E-state index contributed by atoms with van der Waals surface area (Å²) in [5.41, 5.74) is 2.01. The van der Waals surface area contributed by atoms with E-state index in [1.165, 1.54) is 0 Å². The van der Waals surface area contributed by atoms with Gasteiger partial charge >= 0.3 is 5.97 Å². The lowest BCUT2D eigenvalue weighted by atomic mass is 9.96. The summed E-state index contributed by atoms with van der Waals surface area (Å²) in [6, 6.07) is 24.2. The van der Waals surface area contributed by atoms with Crippen molar-refractivity contribution in [2.24, 2.45) is 0 Å². The van der Waals surface area contributed by atoms with E-state index < -0.39 is 0 Å². The number of carbonyl (C=O) groups is 1. The van der Waals surface area contributed by atoms with Crippen molar-refractivity contribution in [3.05, 3.63) is 83.9 Å². The van der Waals surface area contributed by atoms with E-state index in [1.807, 2.05) is 61.5 Å². The lowest BCUT2D eigenvalue weighted by molar-refractivity contribution is -0.147. The standard InChI is InChI=1S/C20H18O2/c1-2-19(21)22-20(16-10-4-3-5-11-16)18-14-8-12-15-9-6-7-13-17(15)18/h3-14,20H,2H2,1H3. The van der Waals surface area contributed by atoms with Gasteiger partial charge in [0.15, 0.2) is 6.10 Å². The zero-order chi connectivity index (χ0) is 15.4. The molecular formula is C20H18O2. The van der Waals surface area contributed by atoms with Crippen LogP contribution in [0.25, 0.3) is 10.8 Å². The van der Waals surface area contributed by atoms with E-state index in [4.69, 9.17) is 4.74 Å². The van der Waals surface area contributed by atoms with Crippen LogP contribution >= 0.6 is 0 Å². The minimum atomic E-state index is -0.375. The largest absolute Gasteiger partial charge is 0.453 e. The summed E-state index contributed by atoms with van der Waals surface area (Å²) in [4.78, 5) is 11.9. The van der Waals surface area contributed by atoms with Crippen LogP contribution < -0.4 is 0 Å². The van der Waals surface area contributed by atoms with Crippen molar-refractivity contribution >= 4 is 16.7 Å². The van der Waals surface area contributed by atoms with Gasteiger partial charge in [-0.3, -0.25) is 4.79 Å². The predicted octanol–water partition coefficient (Wildman–Crippen LogP) is 4.88. The van der Waals surface area contributed by atoms with Gasteiger partial charge < -0.3 is 4.74 Å². The predicted molar refractivity (Wildman–Crippen MR) is 88.6 cm³/mol. The Morgan fingerprint density at radius 1 is 0.909 bits per heavy atom. The third kappa shape index (κ3) is 2.86. The molecule has 2 nitrogen and oxygen atoms in total. The fourth-order valence-corrected chi connectivity index (χ4v) is 2.63. The third-order valence-electron chi connectivity index (χ3n) is 3.75. The first-order valence-electron chi connectivity index (χ1n) is 7.51. The minimum Gasteiger partial charge on any atom is -0.453 e. The zero-order valence-electron chi connectivity index (χ0n) is 12.5. The van der Waals surface area contributed by atoms with Crippen LogP contribution in [0.2, 0.25) is 0 Å². The summed E-state index contributed by atoms with van der Waals surface area (Å²) in [7, 11) is 0. The maximum atomic E-state index is 11.9. The van der Waals surface area contributed by atoms with Crippen LogP contribution in [0, 0.1) is 0 Å². The molecule has 2 heteroatoms. The summed E-state index contributed by atoms with van der Waals surface area (Å²) < 4.78 is 5.74.